The summed E-state index contributed by atoms with van der Waals surface area (Å²) >= 11 is 0. The van der Waals surface area contributed by atoms with Gasteiger partial charge in [-0.15, -0.1) is 0 Å². The summed E-state index contributed by atoms with van der Waals surface area (Å²) < 4.78 is 19.4. The fraction of sp³-hybridized carbons (Fsp3) is 0.211. The molecule has 0 saturated heterocycles. The molecule has 0 aliphatic rings. The molecular formula is C19H19FN2O2. The number of rotatable bonds is 7. The van der Waals surface area contributed by atoms with Crippen LogP contribution in [-0.4, -0.2) is 16.7 Å². The quantitative estimate of drug-likeness (QED) is 0.695. The maximum Gasteiger partial charge on any atom is 0.208 e. The van der Waals surface area contributed by atoms with Gasteiger partial charge in [0.25, 0.3) is 0 Å². The summed E-state index contributed by atoms with van der Waals surface area (Å²) in [5.74, 6) is 0.547. The molecule has 0 fully saturated rings. The van der Waals surface area contributed by atoms with E-state index in [9.17, 15) is 9.50 Å². The lowest BCUT2D eigenvalue weighted by Gasteiger charge is -2.17. The number of hydrogen-bond donors (Lipinski definition) is 2. The van der Waals surface area contributed by atoms with Crippen LogP contribution in [0.4, 0.5) is 4.39 Å². The van der Waals surface area contributed by atoms with Gasteiger partial charge in [-0.2, -0.15) is 0 Å². The third-order valence-electron chi connectivity index (χ3n) is 3.81. The highest BCUT2D eigenvalue weighted by atomic mass is 19.1. The lowest BCUT2D eigenvalue weighted by molar-refractivity contribution is 0.263. The number of aliphatic hydroxyl groups is 1. The van der Waals surface area contributed by atoms with Crippen molar-refractivity contribution in [3.05, 3.63) is 78.1 Å². The van der Waals surface area contributed by atoms with Crippen LogP contribution in [0, 0.1) is 5.82 Å². The molecule has 0 bridgehead atoms. The van der Waals surface area contributed by atoms with Crippen molar-refractivity contribution in [1.82, 2.24) is 10.3 Å². The lowest BCUT2D eigenvalue weighted by atomic mass is 10.0. The first kappa shape index (κ1) is 16.4. The highest BCUT2D eigenvalue weighted by Crippen LogP contribution is 2.23. The summed E-state index contributed by atoms with van der Waals surface area (Å²) in [6.07, 6.45) is 2.11. The van der Waals surface area contributed by atoms with Crippen LogP contribution in [0.15, 0.2) is 65.2 Å². The van der Waals surface area contributed by atoms with Crippen molar-refractivity contribution >= 4 is 0 Å². The van der Waals surface area contributed by atoms with E-state index in [-0.39, 0.29) is 18.5 Å². The van der Waals surface area contributed by atoms with Crippen LogP contribution in [0.2, 0.25) is 0 Å². The van der Waals surface area contributed by atoms with Crippen molar-refractivity contribution in [3.8, 4) is 11.3 Å². The van der Waals surface area contributed by atoms with Gasteiger partial charge in [0.05, 0.1) is 18.3 Å². The van der Waals surface area contributed by atoms with E-state index in [0.717, 1.165) is 5.56 Å². The largest absolute Gasteiger partial charge is 0.439 e. The topological polar surface area (TPSA) is 58.3 Å². The van der Waals surface area contributed by atoms with E-state index in [0.29, 0.717) is 30.2 Å². The predicted molar refractivity (Wildman–Crippen MR) is 89.6 cm³/mol. The summed E-state index contributed by atoms with van der Waals surface area (Å²) in [6.45, 7) is 0.479. The van der Waals surface area contributed by atoms with E-state index in [4.69, 9.17) is 4.42 Å². The SMILES string of the molecule is OCCC(NCc1ncc(-c2ccccc2F)o1)c1ccccc1. The van der Waals surface area contributed by atoms with Crippen LogP contribution in [0.5, 0.6) is 0 Å². The fourth-order valence-electron chi connectivity index (χ4n) is 2.59. The fourth-order valence-corrected chi connectivity index (χ4v) is 2.59. The van der Waals surface area contributed by atoms with E-state index in [1.807, 2.05) is 30.3 Å². The second-order valence-corrected chi connectivity index (χ2v) is 5.45. The van der Waals surface area contributed by atoms with Gasteiger partial charge in [-0.25, -0.2) is 9.37 Å². The van der Waals surface area contributed by atoms with Crippen molar-refractivity contribution < 1.29 is 13.9 Å². The van der Waals surface area contributed by atoms with Crippen molar-refractivity contribution in [3.63, 3.8) is 0 Å². The monoisotopic (exact) mass is 326 g/mol. The molecule has 0 aliphatic heterocycles. The number of benzene rings is 2. The average molecular weight is 326 g/mol. The molecule has 124 valence electrons. The zero-order valence-corrected chi connectivity index (χ0v) is 13.2. The number of halogens is 1. The molecule has 0 amide bonds. The second kappa shape index (κ2) is 7.86. The smallest absolute Gasteiger partial charge is 0.208 e. The summed E-state index contributed by atoms with van der Waals surface area (Å²) in [6, 6.07) is 16.3. The maximum atomic E-state index is 13.8. The molecule has 0 radical (unpaired) electrons. The number of aliphatic hydroxyl groups excluding tert-OH is 1. The van der Waals surface area contributed by atoms with E-state index < -0.39 is 0 Å². The Morgan fingerprint density at radius 3 is 2.58 bits per heavy atom. The third kappa shape index (κ3) is 3.88. The van der Waals surface area contributed by atoms with E-state index in [2.05, 4.69) is 10.3 Å². The molecule has 2 aromatic carbocycles. The Kier molecular flexibility index (Phi) is 5.36. The Labute approximate surface area is 140 Å². The van der Waals surface area contributed by atoms with Crippen LogP contribution in [0.3, 0.4) is 0 Å². The van der Waals surface area contributed by atoms with Gasteiger partial charge in [-0.3, -0.25) is 0 Å². The van der Waals surface area contributed by atoms with Crippen LogP contribution >= 0.6 is 0 Å². The molecule has 3 aromatic rings. The van der Waals surface area contributed by atoms with Gasteiger partial charge < -0.3 is 14.8 Å². The number of aromatic nitrogens is 1. The Balaban J connectivity index is 1.69. The molecule has 0 spiro atoms. The molecule has 0 aliphatic carbocycles. The highest BCUT2D eigenvalue weighted by Gasteiger charge is 2.13. The Hall–Kier alpha value is -2.50. The maximum absolute atomic E-state index is 13.8. The molecular weight excluding hydrogens is 307 g/mol. The number of nitrogens with zero attached hydrogens (tertiary/aromatic N) is 1. The summed E-state index contributed by atoms with van der Waals surface area (Å²) in [7, 11) is 0. The minimum absolute atomic E-state index is 0.0000106. The standard InChI is InChI=1S/C19H19FN2O2/c20-16-9-5-4-8-15(16)18-12-22-19(24-18)13-21-17(10-11-23)14-6-2-1-3-7-14/h1-9,12,17,21,23H,10-11,13H2. The van der Waals surface area contributed by atoms with Crippen LogP contribution in [0.1, 0.15) is 23.9 Å². The van der Waals surface area contributed by atoms with Crippen molar-refractivity contribution in [2.75, 3.05) is 6.61 Å². The number of oxazole rings is 1. The van der Waals surface area contributed by atoms with Gasteiger partial charge >= 0.3 is 0 Å². The summed E-state index contributed by atoms with van der Waals surface area (Å²) in [5.41, 5.74) is 1.48. The predicted octanol–water partition coefficient (Wildman–Crippen LogP) is 3.69. The Bertz CT molecular complexity index is 774. The minimum Gasteiger partial charge on any atom is -0.439 e. The van der Waals surface area contributed by atoms with Gasteiger partial charge in [0.1, 0.15) is 5.82 Å². The number of hydrogen-bond acceptors (Lipinski definition) is 4. The molecule has 1 atom stereocenters. The molecule has 5 heteroatoms. The average Bonchev–Trinajstić information content (AvgIpc) is 3.08. The van der Waals surface area contributed by atoms with E-state index in [1.54, 1.807) is 18.2 Å². The molecule has 1 heterocycles. The first-order chi connectivity index (χ1) is 11.8. The lowest BCUT2D eigenvalue weighted by Crippen LogP contribution is -2.22. The summed E-state index contributed by atoms with van der Waals surface area (Å²) in [4.78, 5) is 4.20. The minimum atomic E-state index is -0.337. The van der Waals surface area contributed by atoms with Gasteiger partial charge in [0.2, 0.25) is 5.89 Å². The zero-order chi connectivity index (χ0) is 16.8. The zero-order valence-electron chi connectivity index (χ0n) is 13.2. The number of nitrogens with one attached hydrogen (secondary N) is 1. The van der Waals surface area contributed by atoms with Crippen LogP contribution in [0.25, 0.3) is 11.3 Å². The van der Waals surface area contributed by atoms with Crippen molar-refractivity contribution in [2.45, 2.75) is 19.0 Å². The van der Waals surface area contributed by atoms with Crippen LogP contribution in [-0.2, 0) is 6.54 Å². The molecule has 1 aromatic heterocycles. The Morgan fingerprint density at radius 2 is 1.83 bits per heavy atom. The van der Waals surface area contributed by atoms with Gasteiger partial charge in [-0.1, -0.05) is 42.5 Å². The molecule has 1 unspecified atom stereocenters. The van der Waals surface area contributed by atoms with E-state index >= 15 is 0 Å². The van der Waals surface area contributed by atoms with Gasteiger partial charge in [0, 0.05) is 12.6 Å². The Morgan fingerprint density at radius 1 is 1.08 bits per heavy atom. The summed E-state index contributed by atoms with van der Waals surface area (Å²) in [5, 5.41) is 12.6. The van der Waals surface area contributed by atoms with Crippen molar-refractivity contribution in [1.29, 1.82) is 0 Å². The second-order valence-electron chi connectivity index (χ2n) is 5.45. The molecule has 4 nitrogen and oxygen atoms in total. The molecule has 2 N–H and O–H groups in total. The first-order valence-corrected chi connectivity index (χ1v) is 7.86. The molecule has 3 rings (SSSR count). The van der Waals surface area contributed by atoms with Gasteiger partial charge in [0.15, 0.2) is 5.76 Å². The molecule has 0 saturated carbocycles. The molecule has 24 heavy (non-hydrogen) atoms. The first-order valence-electron chi connectivity index (χ1n) is 7.86. The van der Waals surface area contributed by atoms with Crippen molar-refractivity contribution in [2.24, 2.45) is 0 Å². The van der Waals surface area contributed by atoms with Crippen LogP contribution < -0.4 is 5.32 Å². The highest BCUT2D eigenvalue weighted by molar-refractivity contribution is 5.56. The van der Waals surface area contributed by atoms with Gasteiger partial charge in [-0.05, 0) is 24.1 Å². The third-order valence-corrected chi connectivity index (χ3v) is 3.81. The van der Waals surface area contributed by atoms with E-state index in [1.165, 1.54) is 12.3 Å². The normalized spacial score (nSPS) is 12.2.